The van der Waals surface area contributed by atoms with Crippen molar-refractivity contribution in [1.29, 1.82) is 0 Å². The summed E-state index contributed by atoms with van der Waals surface area (Å²) in [5, 5.41) is 3.25. The Bertz CT molecular complexity index is 805. The van der Waals surface area contributed by atoms with Crippen molar-refractivity contribution in [3.63, 3.8) is 0 Å². The largest absolute Gasteiger partial charge is 0.374 e. The number of carbonyl (C=O) groups excluding carboxylic acids is 1. The van der Waals surface area contributed by atoms with Gasteiger partial charge in [0.2, 0.25) is 15.9 Å². The monoisotopic (exact) mass is 438 g/mol. The van der Waals surface area contributed by atoms with E-state index in [1.165, 1.54) is 4.31 Å². The normalized spacial score (nSPS) is 17.3. The molecule has 1 atom stereocenters. The van der Waals surface area contributed by atoms with Gasteiger partial charge in [0.1, 0.15) is 0 Å². The smallest absolute Gasteiger partial charge is 0.243 e. The molecule has 1 aromatic carbocycles. The summed E-state index contributed by atoms with van der Waals surface area (Å²) in [6, 6.07) is 5.44. The number of piperidine rings is 1. The lowest BCUT2D eigenvalue weighted by atomic mass is 10.0. The molecule has 170 valence electrons. The molecule has 7 nitrogen and oxygen atoms in total. The standard InChI is InChI=1S/C22H38N4O3S/c1-6-24(7-2)21-14-13-19(30(28,29)25(8-3)9-4)16-20(21)23-17-22(27)26-15-11-10-12-18(26)5/h13-14,16,18,23H,6-12,15,17H2,1-5H3. The molecule has 0 bridgehead atoms. The Labute approximate surface area is 182 Å². The van der Waals surface area contributed by atoms with Gasteiger partial charge in [-0.15, -0.1) is 0 Å². The van der Waals surface area contributed by atoms with E-state index in [0.717, 1.165) is 44.6 Å². The van der Waals surface area contributed by atoms with Crippen LogP contribution in [0.3, 0.4) is 0 Å². The summed E-state index contributed by atoms with van der Waals surface area (Å²) < 4.78 is 27.5. The van der Waals surface area contributed by atoms with Crippen LogP contribution in [0.25, 0.3) is 0 Å². The second-order valence-corrected chi connectivity index (χ2v) is 9.66. The molecule has 1 unspecified atom stereocenters. The van der Waals surface area contributed by atoms with E-state index in [9.17, 15) is 13.2 Å². The van der Waals surface area contributed by atoms with Crippen molar-refractivity contribution in [2.45, 2.75) is 64.8 Å². The number of anilines is 2. The first-order valence-corrected chi connectivity index (χ1v) is 12.7. The van der Waals surface area contributed by atoms with Crippen molar-refractivity contribution < 1.29 is 13.2 Å². The van der Waals surface area contributed by atoms with Gasteiger partial charge in [0, 0.05) is 38.8 Å². The molecule has 1 amide bonds. The molecule has 1 aromatic rings. The number of nitrogens with zero attached hydrogens (tertiary/aromatic N) is 3. The number of hydrogen-bond donors (Lipinski definition) is 1. The number of rotatable bonds is 10. The molecular weight excluding hydrogens is 400 g/mol. The Balaban J connectivity index is 2.32. The minimum absolute atomic E-state index is 0.0599. The number of carbonyl (C=O) groups is 1. The summed E-state index contributed by atoms with van der Waals surface area (Å²) in [4.78, 5) is 17.2. The molecule has 8 heteroatoms. The second kappa shape index (κ2) is 11.0. The van der Waals surface area contributed by atoms with Crippen LogP contribution in [0.4, 0.5) is 11.4 Å². The molecule has 1 saturated heterocycles. The van der Waals surface area contributed by atoms with Gasteiger partial charge < -0.3 is 15.1 Å². The molecular formula is C22H38N4O3S. The lowest BCUT2D eigenvalue weighted by molar-refractivity contribution is -0.132. The zero-order valence-corrected chi connectivity index (χ0v) is 20.0. The Kier molecular flexibility index (Phi) is 8.97. The van der Waals surface area contributed by atoms with Crippen LogP contribution in [0.15, 0.2) is 23.1 Å². The zero-order valence-electron chi connectivity index (χ0n) is 19.1. The maximum atomic E-state index is 13.0. The van der Waals surface area contributed by atoms with Gasteiger partial charge in [-0.05, 0) is 58.2 Å². The van der Waals surface area contributed by atoms with E-state index in [2.05, 4.69) is 31.0 Å². The van der Waals surface area contributed by atoms with Crippen LogP contribution in [-0.4, -0.2) is 68.8 Å². The molecule has 0 aliphatic carbocycles. The molecule has 0 radical (unpaired) electrons. The van der Waals surface area contributed by atoms with Gasteiger partial charge in [-0.3, -0.25) is 4.79 Å². The van der Waals surface area contributed by atoms with Crippen LogP contribution >= 0.6 is 0 Å². The SMILES string of the molecule is CCN(CC)c1ccc(S(=O)(=O)N(CC)CC)cc1NCC(=O)N1CCCCC1C. The highest BCUT2D eigenvalue weighted by atomic mass is 32.2. The fourth-order valence-corrected chi connectivity index (χ4v) is 5.60. The van der Waals surface area contributed by atoms with Crippen LogP contribution in [0.5, 0.6) is 0 Å². The highest BCUT2D eigenvalue weighted by Crippen LogP contribution is 2.30. The van der Waals surface area contributed by atoms with E-state index in [1.54, 1.807) is 12.1 Å². The predicted molar refractivity (Wildman–Crippen MR) is 124 cm³/mol. The molecule has 30 heavy (non-hydrogen) atoms. The topological polar surface area (TPSA) is 73.0 Å². The lowest BCUT2D eigenvalue weighted by Crippen LogP contribution is -2.44. The van der Waals surface area contributed by atoms with Gasteiger partial charge >= 0.3 is 0 Å². The van der Waals surface area contributed by atoms with Crippen molar-refractivity contribution in [1.82, 2.24) is 9.21 Å². The predicted octanol–water partition coefficient (Wildman–Crippen LogP) is 3.38. The van der Waals surface area contributed by atoms with Gasteiger partial charge in [0.15, 0.2) is 0 Å². The lowest BCUT2D eigenvalue weighted by Gasteiger charge is -2.34. The van der Waals surface area contributed by atoms with Gasteiger partial charge in [-0.1, -0.05) is 13.8 Å². The summed E-state index contributed by atoms with van der Waals surface area (Å²) in [5.41, 5.74) is 1.60. The summed E-state index contributed by atoms with van der Waals surface area (Å²) in [6.07, 6.45) is 3.24. The van der Waals surface area contributed by atoms with E-state index < -0.39 is 10.0 Å². The summed E-state index contributed by atoms with van der Waals surface area (Å²) in [6.45, 7) is 13.3. The summed E-state index contributed by atoms with van der Waals surface area (Å²) >= 11 is 0. The second-order valence-electron chi connectivity index (χ2n) is 7.73. The van der Waals surface area contributed by atoms with Gasteiger partial charge in [0.25, 0.3) is 0 Å². The molecule has 0 aromatic heterocycles. The number of sulfonamides is 1. The van der Waals surface area contributed by atoms with E-state index in [4.69, 9.17) is 0 Å². The Hall–Kier alpha value is -1.80. The average Bonchev–Trinajstić information content (AvgIpc) is 2.74. The first kappa shape index (κ1) is 24.5. The van der Waals surface area contributed by atoms with Crippen molar-refractivity contribution >= 4 is 27.3 Å². The number of nitrogens with one attached hydrogen (secondary N) is 1. The highest BCUT2D eigenvalue weighted by molar-refractivity contribution is 7.89. The molecule has 0 saturated carbocycles. The van der Waals surface area contributed by atoms with E-state index in [0.29, 0.717) is 18.8 Å². The molecule has 1 heterocycles. The average molecular weight is 439 g/mol. The summed E-state index contributed by atoms with van der Waals surface area (Å²) in [7, 11) is -3.57. The first-order chi connectivity index (χ1) is 14.3. The van der Waals surface area contributed by atoms with Gasteiger partial charge in [-0.25, -0.2) is 8.42 Å². The molecule has 0 spiro atoms. The van der Waals surface area contributed by atoms with Crippen LogP contribution in [0.1, 0.15) is 53.9 Å². The third kappa shape index (κ3) is 5.46. The first-order valence-electron chi connectivity index (χ1n) is 11.2. The fourth-order valence-electron chi connectivity index (χ4n) is 4.11. The number of amides is 1. The zero-order chi connectivity index (χ0) is 22.3. The highest BCUT2D eigenvalue weighted by Gasteiger charge is 2.25. The number of likely N-dealkylation sites (tertiary alicyclic amines) is 1. The minimum Gasteiger partial charge on any atom is -0.374 e. The van der Waals surface area contributed by atoms with Crippen LogP contribution < -0.4 is 10.2 Å². The Morgan fingerprint density at radius 1 is 1.10 bits per heavy atom. The van der Waals surface area contributed by atoms with Crippen LogP contribution in [-0.2, 0) is 14.8 Å². The van der Waals surface area contributed by atoms with Crippen molar-refractivity contribution in [3.05, 3.63) is 18.2 Å². The Morgan fingerprint density at radius 3 is 2.33 bits per heavy atom. The number of hydrogen-bond acceptors (Lipinski definition) is 5. The fraction of sp³-hybridized carbons (Fsp3) is 0.682. The van der Waals surface area contributed by atoms with E-state index in [1.807, 2.05) is 24.8 Å². The molecule has 1 aliphatic rings. The van der Waals surface area contributed by atoms with Gasteiger partial charge in [-0.2, -0.15) is 4.31 Å². The molecule has 2 rings (SSSR count). The quantitative estimate of drug-likeness (QED) is 0.606. The van der Waals surface area contributed by atoms with E-state index in [-0.39, 0.29) is 23.4 Å². The van der Waals surface area contributed by atoms with Gasteiger partial charge in [0.05, 0.1) is 22.8 Å². The molecule has 1 fully saturated rings. The van der Waals surface area contributed by atoms with Crippen LogP contribution in [0, 0.1) is 0 Å². The molecule has 1 N–H and O–H groups in total. The maximum absolute atomic E-state index is 13.0. The third-order valence-electron chi connectivity index (χ3n) is 5.97. The van der Waals surface area contributed by atoms with Crippen molar-refractivity contribution in [2.24, 2.45) is 0 Å². The van der Waals surface area contributed by atoms with Crippen LogP contribution in [0.2, 0.25) is 0 Å². The third-order valence-corrected chi connectivity index (χ3v) is 8.01. The van der Waals surface area contributed by atoms with Crippen molar-refractivity contribution in [2.75, 3.05) is 49.5 Å². The Morgan fingerprint density at radius 2 is 1.77 bits per heavy atom. The maximum Gasteiger partial charge on any atom is 0.243 e. The summed E-state index contributed by atoms with van der Waals surface area (Å²) in [5.74, 6) is 0.0599. The number of benzene rings is 1. The van der Waals surface area contributed by atoms with E-state index >= 15 is 0 Å². The van der Waals surface area contributed by atoms with Crippen molar-refractivity contribution in [3.8, 4) is 0 Å². The minimum atomic E-state index is -3.57. The molecule has 1 aliphatic heterocycles.